The van der Waals surface area contributed by atoms with Crippen LogP contribution in [0.25, 0.3) is 0 Å². The Hall–Kier alpha value is -1.88. The number of nitrogens with zero attached hydrogens (tertiary/aromatic N) is 1. The molecule has 0 aliphatic rings. The van der Waals surface area contributed by atoms with E-state index in [1.807, 2.05) is 6.92 Å². The van der Waals surface area contributed by atoms with Gasteiger partial charge in [-0.15, -0.1) is 0 Å². The molecule has 0 heterocycles. The molecule has 0 amide bonds. The molecular formula is C20H31NO4. The minimum Gasteiger partial charge on any atom is -0.490 e. The van der Waals surface area contributed by atoms with Crippen LogP contribution in [-0.2, 0) is 4.74 Å². The highest BCUT2D eigenvalue weighted by Gasteiger charge is 2.21. The van der Waals surface area contributed by atoms with Gasteiger partial charge in [0, 0.05) is 18.7 Å². The highest BCUT2D eigenvalue weighted by atomic mass is 16.6. The van der Waals surface area contributed by atoms with Gasteiger partial charge in [0.2, 0.25) is 0 Å². The largest absolute Gasteiger partial charge is 0.490 e. The average Bonchev–Trinajstić information content (AvgIpc) is 2.61. The first-order chi connectivity index (χ1) is 11.9. The Labute approximate surface area is 151 Å². The number of benzene rings is 1. The van der Waals surface area contributed by atoms with Gasteiger partial charge in [0.1, 0.15) is 12.4 Å². The van der Waals surface area contributed by atoms with Gasteiger partial charge < -0.3 is 9.47 Å². The first kappa shape index (κ1) is 21.2. The summed E-state index contributed by atoms with van der Waals surface area (Å²) in [5.74, 6) is 0.646. The minimum absolute atomic E-state index is 0.0249. The van der Waals surface area contributed by atoms with Crippen LogP contribution in [-0.4, -0.2) is 23.7 Å². The third-order valence-corrected chi connectivity index (χ3v) is 4.57. The summed E-state index contributed by atoms with van der Waals surface area (Å²) in [6.45, 7) is 9.79. The maximum absolute atomic E-state index is 10.6. The van der Waals surface area contributed by atoms with Gasteiger partial charge in [-0.25, -0.2) is 0 Å². The molecule has 1 rings (SSSR count). The van der Waals surface area contributed by atoms with E-state index in [2.05, 4.69) is 26.8 Å². The molecule has 1 aromatic rings. The number of rotatable bonds is 12. The predicted molar refractivity (Wildman–Crippen MR) is 101 cm³/mol. The number of nitro benzene ring substituents is 1. The van der Waals surface area contributed by atoms with Gasteiger partial charge in [0.05, 0.1) is 10.5 Å². The molecule has 0 aromatic heterocycles. The lowest BCUT2D eigenvalue weighted by Crippen LogP contribution is -2.27. The van der Waals surface area contributed by atoms with E-state index in [-0.39, 0.29) is 11.3 Å². The van der Waals surface area contributed by atoms with Crippen LogP contribution in [0.15, 0.2) is 35.9 Å². The van der Waals surface area contributed by atoms with E-state index < -0.39 is 4.92 Å². The average molecular weight is 349 g/mol. The summed E-state index contributed by atoms with van der Waals surface area (Å²) in [6.07, 6.45) is 7.34. The molecule has 0 aliphatic heterocycles. The van der Waals surface area contributed by atoms with Crippen LogP contribution >= 0.6 is 0 Å². The SMILES string of the molecule is CCOC(C)(CC)CCCC(=CCOc1ccc([N+](=O)[O-])cc1)CC. The van der Waals surface area contributed by atoms with Crippen LogP contribution in [0.3, 0.4) is 0 Å². The highest BCUT2D eigenvalue weighted by molar-refractivity contribution is 5.36. The summed E-state index contributed by atoms with van der Waals surface area (Å²) < 4.78 is 11.5. The third-order valence-electron chi connectivity index (χ3n) is 4.57. The fraction of sp³-hybridized carbons (Fsp3) is 0.600. The van der Waals surface area contributed by atoms with Gasteiger partial charge in [0.25, 0.3) is 5.69 Å². The zero-order valence-electron chi connectivity index (χ0n) is 15.9. The molecule has 0 aliphatic carbocycles. The highest BCUT2D eigenvalue weighted by Crippen LogP contribution is 2.24. The molecule has 0 N–H and O–H groups in total. The van der Waals surface area contributed by atoms with Crippen molar-refractivity contribution in [2.24, 2.45) is 0 Å². The number of hydrogen-bond donors (Lipinski definition) is 0. The molecular weight excluding hydrogens is 318 g/mol. The van der Waals surface area contributed by atoms with E-state index in [1.54, 1.807) is 12.1 Å². The van der Waals surface area contributed by atoms with Gasteiger partial charge in [-0.3, -0.25) is 10.1 Å². The summed E-state index contributed by atoms with van der Waals surface area (Å²) in [5.41, 5.74) is 1.42. The lowest BCUT2D eigenvalue weighted by atomic mass is 9.93. The molecule has 1 atom stereocenters. The van der Waals surface area contributed by atoms with E-state index in [9.17, 15) is 10.1 Å². The van der Waals surface area contributed by atoms with Crippen molar-refractivity contribution < 1.29 is 14.4 Å². The summed E-state index contributed by atoms with van der Waals surface area (Å²) in [6, 6.07) is 6.18. The second-order valence-electron chi connectivity index (χ2n) is 6.37. The molecule has 25 heavy (non-hydrogen) atoms. The van der Waals surface area contributed by atoms with Gasteiger partial charge in [-0.1, -0.05) is 19.4 Å². The molecule has 0 spiro atoms. The van der Waals surface area contributed by atoms with Crippen molar-refractivity contribution in [3.05, 3.63) is 46.0 Å². The smallest absolute Gasteiger partial charge is 0.269 e. The lowest BCUT2D eigenvalue weighted by Gasteiger charge is -2.28. The maximum atomic E-state index is 10.6. The summed E-state index contributed by atoms with van der Waals surface area (Å²) in [7, 11) is 0. The summed E-state index contributed by atoms with van der Waals surface area (Å²) in [4.78, 5) is 10.2. The number of ether oxygens (including phenoxy) is 2. The van der Waals surface area contributed by atoms with Crippen LogP contribution in [0, 0.1) is 10.1 Å². The lowest BCUT2D eigenvalue weighted by molar-refractivity contribution is -0.384. The predicted octanol–water partition coefficient (Wildman–Crippen LogP) is 5.69. The molecule has 1 unspecified atom stereocenters. The Balaban J connectivity index is 2.44. The minimum atomic E-state index is -0.412. The quantitative estimate of drug-likeness (QED) is 0.276. The second kappa shape index (κ2) is 10.9. The molecule has 0 saturated heterocycles. The third kappa shape index (κ3) is 7.69. The number of nitro groups is 1. The Kier molecular flexibility index (Phi) is 9.21. The fourth-order valence-electron chi connectivity index (χ4n) is 2.73. The Bertz CT molecular complexity index is 553. The van der Waals surface area contributed by atoms with Crippen LogP contribution in [0.1, 0.15) is 59.8 Å². The summed E-state index contributed by atoms with van der Waals surface area (Å²) in [5, 5.41) is 10.6. The van der Waals surface area contributed by atoms with E-state index in [0.29, 0.717) is 12.4 Å². The van der Waals surface area contributed by atoms with Crippen LogP contribution in [0.5, 0.6) is 5.75 Å². The van der Waals surface area contributed by atoms with Crippen molar-refractivity contribution in [3.8, 4) is 5.75 Å². The topological polar surface area (TPSA) is 61.6 Å². The fourth-order valence-corrected chi connectivity index (χ4v) is 2.73. The van der Waals surface area contributed by atoms with Crippen molar-refractivity contribution in [2.75, 3.05) is 13.2 Å². The molecule has 1 aromatic carbocycles. The van der Waals surface area contributed by atoms with Gasteiger partial charge in [0.15, 0.2) is 0 Å². The van der Waals surface area contributed by atoms with Crippen molar-refractivity contribution in [2.45, 2.75) is 65.4 Å². The van der Waals surface area contributed by atoms with Crippen molar-refractivity contribution in [3.63, 3.8) is 0 Å². The van der Waals surface area contributed by atoms with Crippen LogP contribution in [0.4, 0.5) is 5.69 Å². The maximum Gasteiger partial charge on any atom is 0.269 e. The Morgan fingerprint density at radius 3 is 2.44 bits per heavy atom. The van der Waals surface area contributed by atoms with Gasteiger partial charge in [-0.05, 0) is 64.2 Å². The van der Waals surface area contributed by atoms with Crippen molar-refractivity contribution in [1.29, 1.82) is 0 Å². The number of allylic oxidation sites excluding steroid dienone is 1. The van der Waals surface area contributed by atoms with E-state index in [1.165, 1.54) is 17.7 Å². The molecule has 5 heteroatoms. The summed E-state index contributed by atoms with van der Waals surface area (Å²) >= 11 is 0. The van der Waals surface area contributed by atoms with Crippen LogP contribution < -0.4 is 4.74 Å². The zero-order chi connectivity index (χ0) is 18.7. The Morgan fingerprint density at radius 2 is 1.92 bits per heavy atom. The van der Waals surface area contributed by atoms with E-state index in [4.69, 9.17) is 9.47 Å². The Morgan fingerprint density at radius 1 is 1.24 bits per heavy atom. The van der Waals surface area contributed by atoms with Crippen molar-refractivity contribution in [1.82, 2.24) is 0 Å². The normalized spacial score (nSPS) is 14.2. The first-order valence-electron chi connectivity index (χ1n) is 9.13. The van der Waals surface area contributed by atoms with E-state index in [0.717, 1.165) is 38.7 Å². The van der Waals surface area contributed by atoms with E-state index >= 15 is 0 Å². The second-order valence-corrected chi connectivity index (χ2v) is 6.37. The molecule has 140 valence electrons. The number of hydrogen-bond acceptors (Lipinski definition) is 4. The molecule has 0 radical (unpaired) electrons. The van der Waals surface area contributed by atoms with Crippen LogP contribution in [0.2, 0.25) is 0 Å². The molecule has 0 saturated carbocycles. The molecule has 0 bridgehead atoms. The molecule has 0 fully saturated rings. The zero-order valence-corrected chi connectivity index (χ0v) is 15.9. The van der Waals surface area contributed by atoms with Gasteiger partial charge >= 0.3 is 0 Å². The standard InChI is InChI=1S/C20H31NO4/c1-5-17(9-8-15-20(4,6-2)25-7-3)14-16-24-19-12-10-18(11-13-19)21(22)23/h10-14H,5-9,15-16H2,1-4H3. The molecule has 5 nitrogen and oxygen atoms in total. The van der Waals surface area contributed by atoms with Gasteiger partial charge in [-0.2, -0.15) is 0 Å². The monoisotopic (exact) mass is 349 g/mol. The van der Waals surface area contributed by atoms with Crippen molar-refractivity contribution >= 4 is 5.69 Å². The number of non-ortho nitro benzene ring substituents is 1. The first-order valence-corrected chi connectivity index (χ1v) is 9.13.